The number of ketones is 1. The maximum atomic E-state index is 12.2. The lowest BCUT2D eigenvalue weighted by Gasteiger charge is -2.13. The van der Waals surface area contributed by atoms with Gasteiger partial charge in [-0.1, -0.05) is 39.1 Å². The second-order valence-corrected chi connectivity index (χ2v) is 6.47. The lowest BCUT2D eigenvalue weighted by Crippen LogP contribution is -2.21. The summed E-state index contributed by atoms with van der Waals surface area (Å²) in [5.74, 6) is 0.308. The molecule has 0 radical (unpaired) electrons. The van der Waals surface area contributed by atoms with Crippen molar-refractivity contribution in [2.75, 3.05) is 0 Å². The van der Waals surface area contributed by atoms with Crippen LogP contribution in [0.15, 0.2) is 46.9 Å². The maximum Gasteiger partial charge on any atom is 0.215 e. The van der Waals surface area contributed by atoms with Gasteiger partial charge in [-0.3, -0.25) is 4.79 Å². The molecule has 0 N–H and O–H groups in total. The molecule has 0 fully saturated rings. The van der Waals surface area contributed by atoms with Crippen LogP contribution in [0.5, 0.6) is 5.75 Å². The van der Waals surface area contributed by atoms with Gasteiger partial charge >= 0.3 is 0 Å². The zero-order valence-electron chi connectivity index (χ0n) is 9.95. The van der Waals surface area contributed by atoms with E-state index in [1.807, 2.05) is 12.1 Å². The zero-order chi connectivity index (χ0) is 14.7. The van der Waals surface area contributed by atoms with Crippen molar-refractivity contribution in [2.45, 2.75) is 5.01 Å². The highest BCUT2D eigenvalue weighted by molar-refractivity contribution is 9.10. The van der Waals surface area contributed by atoms with E-state index in [1.165, 1.54) is 6.07 Å². The van der Waals surface area contributed by atoms with Crippen LogP contribution in [-0.2, 0) is 0 Å². The Morgan fingerprint density at radius 2 is 1.75 bits per heavy atom. The highest BCUT2D eigenvalue weighted by atomic mass is 79.9. The molecule has 2 aromatic rings. The summed E-state index contributed by atoms with van der Waals surface area (Å²) in [7, 11) is 0. The fraction of sp³-hybridized carbons (Fsp3) is 0.0714. The van der Waals surface area contributed by atoms with E-state index >= 15 is 0 Å². The van der Waals surface area contributed by atoms with E-state index in [1.54, 1.807) is 24.3 Å². The van der Waals surface area contributed by atoms with Gasteiger partial charge in [0.25, 0.3) is 0 Å². The summed E-state index contributed by atoms with van der Waals surface area (Å²) in [6.07, 6.45) is 0. The number of carbonyl (C=O) groups excluding carboxylic acids is 1. The molecule has 0 heterocycles. The molecule has 20 heavy (non-hydrogen) atoms. The number of hydrogen-bond donors (Lipinski definition) is 0. The Morgan fingerprint density at radius 1 is 1.10 bits per heavy atom. The molecule has 0 amide bonds. The molecule has 2 nitrogen and oxygen atoms in total. The van der Waals surface area contributed by atoms with E-state index in [-0.39, 0.29) is 5.78 Å². The molecule has 2 rings (SSSR count). The SMILES string of the molecule is O=C(c1ccc(Cl)cc1Cl)C(Br)Oc1ccc(Br)cc1. The van der Waals surface area contributed by atoms with Crippen molar-refractivity contribution in [3.63, 3.8) is 0 Å². The molecule has 0 bridgehead atoms. The van der Waals surface area contributed by atoms with Crippen LogP contribution >= 0.6 is 55.1 Å². The first-order chi connectivity index (χ1) is 9.47. The first-order valence-corrected chi connectivity index (χ1v) is 7.99. The smallest absolute Gasteiger partial charge is 0.215 e. The van der Waals surface area contributed by atoms with Crippen molar-refractivity contribution in [1.29, 1.82) is 0 Å². The quantitative estimate of drug-likeness (QED) is 0.449. The van der Waals surface area contributed by atoms with Crippen molar-refractivity contribution in [2.24, 2.45) is 0 Å². The Balaban J connectivity index is 2.14. The second-order valence-electron chi connectivity index (χ2n) is 3.88. The van der Waals surface area contributed by atoms with Gasteiger partial charge in [0, 0.05) is 15.1 Å². The van der Waals surface area contributed by atoms with E-state index in [0.717, 1.165) is 4.47 Å². The minimum Gasteiger partial charge on any atom is -0.471 e. The summed E-state index contributed by atoms with van der Waals surface area (Å²) in [6, 6.07) is 11.9. The Morgan fingerprint density at radius 3 is 2.35 bits per heavy atom. The van der Waals surface area contributed by atoms with Crippen LogP contribution in [0.3, 0.4) is 0 Å². The van der Waals surface area contributed by atoms with Crippen LogP contribution in [0.1, 0.15) is 10.4 Å². The van der Waals surface area contributed by atoms with Crippen molar-refractivity contribution in [3.05, 3.63) is 62.5 Å². The number of ether oxygens (including phenoxy) is 1. The van der Waals surface area contributed by atoms with Gasteiger partial charge in [0.05, 0.1) is 5.02 Å². The van der Waals surface area contributed by atoms with Gasteiger partial charge in [-0.05, 0) is 58.4 Å². The summed E-state index contributed by atoms with van der Waals surface area (Å²) in [4.78, 5) is 12.2. The summed E-state index contributed by atoms with van der Waals surface area (Å²) >= 11 is 18.3. The highest BCUT2D eigenvalue weighted by Crippen LogP contribution is 2.25. The molecule has 0 aliphatic carbocycles. The van der Waals surface area contributed by atoms with Crippen LogP contribution in [0.25, 0.3) is 0 Å². The van der Waals surface area contributed by atoms with Crippen molar-refractivity contribution in [1.82, 2.24) is 0 Å². The molecular formula is C14H8Br2Cl2O2. The van der Waals surface area contributed by atoms with E-state index < -0.39 is 5.01 Å². The molecule has 1 unspecified atom stereocenters. The Labute approximate surface area is 143 Å². The Hall–Kier alpha value is -0.550. The average molecular weight is 439 g/mol. The molecule has 0 aromatic heterocycles. The first-order valence-electron chi connectivity index (χ1n) is 5.53. The first kappa shape index (κ1) is 15.8. The Bertz CT molecular complexity index is 630. The predicted molar refractivity (Wildman–Crippen MR) is 88.3 cm³/mol. The molecule has 0 aliphatic heterocycles. The van der Waals surface area contributed by atoms with Gasteiger partial charge < -0.3 is 4.74 Å². The number of rotatable bonds is 4. The summed E-state index contributed by atoms with van der Waals surface area (Å²) in [5, 5.41) is -0.0415. The molecule has 0 saturated heterocycles. The molecule has 1 atom stereocenters. The Kier molecular flexibility index (Phi) is 5.49. The van der Waals surface area contributed by atoms with E-state index in [9.17, 15) is 4.79 Å². The predicted octanol–water partition coefficient (Wildman–Crippen LogP) is 5.74. The average Bonchev–Trinajstić information content (AvgIpc) is 2.40. The third-order valence-corrected chi connectivity index (χ3v) is 4.14. The molecule has 0 spiro atoms. The number of Topliss-reactive ketones (excluding diaryl/α,β-unsaturated/α-hetero) is 1. The standard InChI is InChI=1S/C14H8Br2Cl2O2/c15-8-1-4-10(5-2-8)20-14(16)13(19)11-6-3-9(17)7-12(11)18/h1-7,14H. The maximum absolute atomic E-state index is 12.2. The number of benzene rings is 2. The molecule has 0 aliphatic rings. The lowest BCUT2D eigenvalue weighted by molar-refractivity contribution is 0.0897. The van der Waals surface area contributed by atoms with Crippen molar-refractivity contribution < 1.29 is 9.53 Å². The molecule has 0 saturated carbocycles. The van der Waals surface area contributed by atoms with Crippen LogP contribution in [0.4, 0.5) is 0 Å². The van der Waals surface area contributed by atoms with Crippen LogP contribution in [0.2, 0.25) is 10.0 Å². The van der Waals surface area contributed by atoms with Gasteiger partial charge in [0.15, 0.2) is 0 Å². The van der Waals surface area contributed by atoms with Crippen molar-refractivity contribution in [3.8, 4) is 5.75 Å². The van der Waals surface area contributed by atoms with Gasteiger partial charge in [-0.2, -0.15) is 0 Å². The van der Waals surface area contributed by atoms with Crippen LogP contribution in [-0.4, -0.2) is 10.8 Å². The van der Waals surface area contributed by atoms with E-state index in [0.29, 0.717) is 21.4 Å². The monoisotopic (exact) mass is 436 g/mol. The number of carbonyl (C=O) groups is 1. The summed E-state index contributed by atoms with van der Waals surface area (Å²) in [5.41, 5.74) is 0.357. The second kappa shape index (κ2) is 6.94. The summed E-state index contributed by atoms with van der Waals surface area (Å²) < 4.78 is 6.46. The van der Waals surface area contributed by atoms with Crippen LogP contribution < -0.4 is 4.74 Å². The number of hydrogen-bond acceptors (Lipinski definition) is 2. The van der Waals surface area contributed by atoms with Gasteiger partial charge in [-0.15, -0.1) is 0 Å². The minimum absolute atomic E-state index is 0.269. The molecule has 104 valence electrons. The third-order valence-electron chi connectivity index (χ3n) is 2.46. The fourth-order valence-corrected chi connectivity index (χ4v) is 2.73. The largest absolute Gasteiger partial charge is 0.471 e. The zero-order valence-corrected chi connectivity index (χ0v) is 14.6. The fourth-order valence-electron chi connectivity index (χ4n) is 1.50. The topological polar surface area (TPSA) is 26.3 Å². The van der Waals surface area contributed by atoms with Crippen LogP contribution in [0, 0.1) is 0 Å². The number of halogens is 4. The van der Waals surface area contributed by atoms with Gasteiger partial charge in [-0.25, -0.2) is 0 Å². The molecule has 2 aromatic carbocycles. The lowest BCUT2D eigenvalue weighted by atomic mass is 10.1. The van der Waals surface area contributed by atoms with Gasteiger partial charge in [0.2, 0.25) is 10.8 Å². The normalized spacial score (nSPS) is 12.0. The number of alkyl halides is 1. The molecule has 6 heteroatoms. The van der Waals surface area contributed by atoms with Gasteiger partial charge in [0.1, 0.15) is 5.75 Å². The molecular weight excluding hydrogens is 431 g/mol. The van der Waals surface area contributed by atoms with E-state index in [4.69, 9.17) is 27.9 Å². The van der Waals surface area contributed by atoms with Crippen molar-refractivity contribution >= 4 is 60.8 Å². The van der Waals surface area contributed by atoms with E-state index in [2.05, 4.69) is 31.9 Å². The highest BCUT2D eigenvalue weighted by Gasteiger charge is 2.21. The summed E-state index contributed by atoms with van der Waals surface area (Å²) in [6.45, 7) is 0. The third kappa shape index (κ3) is 3.98. The minimum atomic E-state index is -0.817.